The summed E-state index contributed by atoms with van der Waals surface area (Å²) in [5.41, 5.74) is 6.24. The van der Waals surface area contributed by atoms with Crippen molar-refractivity contribution in [1.29, 1.82) is 0 Å². The molecule has 4 nitrogen and oxygen atoms in total. The van der Waals surface area contributed by atoms with E-state index in [-0.39, 0.29) is 5.91 Å². The number of hydrogen-bond acceptors (Lipinski definition) is 4. The first kappa shape index (κ1) is 14.1. The average Bonchev–Trinajstić information content (AvgIpc) is 2.95. The number of anilines is 1. The third kappa shape index (κ3) is 2.94. The van der Waals surface area contributed by atoms with E-state index >= 15 is 0 Å². The smallest absolute Gasteiger partial charge is 0.275 e. The standard InChI is InChI=1S/C16H19N3OS/c1-11-4-6-14-12(9-11)3-2-8-19(14)10-13-5-7-15(21-13)16(20)18-17/h4-7,9H,2-3,8,10,17H2,1H3,(H,18,20). The van der Waals surface area contributed by atoms with Gasteiger partial charge in [-0.2, -0.15) is 0 Å². The summed E-state index contributed by atoms with van der Waals surface area (Å²) >= 11 is 1.50. The molecule has 3 N–H and O–H groups in total. The van der Waals surface area contributed by atoms with Crippen LogP contribution in [0.1, 0.15) is 32.1 Å². The Morgan fingerprint density at radius 3 is 3.05 bits per heavy atom. The third-order valence-electron chi connectivity index (χ3n) is 3.81. The molecule has 0 aliphatic carbocycles. The van der Waals surface area contributed by atoms with E-state index in [1.807, 2.05) is 12.1 Å². The van der Waals surface area contributed by atoms with Crippen molar-refractivity contribution in [3.8, 4) is 0 Å². The van der Waals surface area contributed by atoms with Gasteiger partial charge in [0.15, 0.2) is 0 Å². The first-order valence-corrected chi connectivity index (χ1v) is 7.93. The highest BCUT2D eigenvalue weighted by Gasteiger charge is 2.18. The molecule has 3 rings (SSSR count). The van der Waals surface area contributed by atoms with Gasteiger partial charge in [-0.15, -0.1) is 11.3 Å². The van der Waals surface area contributed by atoms with Crippen LogP contribution in [0.2, 0.25) is 0 Å². The predicted molar refractivity (Wildman–Crippen MR) is 86.5 cm³/mol. The summed E-state index contributed by atoms with van der Waals surface area (Å²) in [4.78, 5) is 15.8. The summed E-state index contributed by atoms with van der Waals surface area (Å²) in [7, 11) is 0. The molecule has 0 atom stereocenters. The molecule has 1 aliphatic rings. The maximum atomic E-state index is 11.5. The summed E-state index contributed by atoms with van der Waals surface area (Å²) in [6, 6.07) is 10.5. The molecule has 0 spiro atoms. The molecule has 1 aromatic heterocycles. The Bertz CT molecular complexity index is 665. The molecule has 0 saturated heterocycles. The molecule has 0 saturated carbocycles. The molecule has 0 radical (unpaired) electrons. The molecule has 1 aromatic carbocycles. The first-order chi connectivity index (χ1) is 10.2. The number of nitrogens with zero attached hydrogens (tertiary/aromatic N) is 1. The van der Waals surface area contributed by atoms with E-state index in [0.29, 0.717) is 4.88 Å². The van der Waals surface area contributed by atoms with Crippen molar-refractivity contribution in [3.63, 3.8) is 0 Å². The largest absolute Gasteiger partial charge is 0.366 e. The quantitative estimate of drug-likeness (QED) is 0.520. The fraction of sp³-hybridized carbons (Fsp3) is 0.312. The molecule has 0 unspecified atom stereocenters. The molecule has 0 fully saturated rings. The molecular formula is C16H19N3OS. The lowest BCUT2D eigenvalue weighted by Crippen LogP contribution is -2.29. The zero-order valence-electron chi connectivity index (χ0n) is 12.1. The van der Waals surface area contributed by atoms with Crippen LogP contribution in [0.25, 0.3) is 0 Å². The minimum atomic E-state index is -0.221. The minimum absolute atomic E-state index is 0.221. The third-order valence-corrected chi connectivity index (χ3v) is 4.88. The molecule has 5 heteroatoms. The highest BCUT2D eigenvalue weighted by atomic mass is 32.1. The van der Waals surface area contributed by atoms with Gasteiger partial charge in [0.05, 0.1) is 11.4 Å². The van der Waals surface area contributed by atoms with Crippen LogP contribution in [0.15, 0.2) is 30.3 Å². The number of carbonyl (C=O) groups is 1. The van der Waals surface area contributed by atoms with Gasteiger partial charge in [0.1, 0.15) is 0 Å². The fourth-order valence-electron chi connectivity index (χ4n) is 2.81. The highest BCUT2D eigenvalue weighted by molar-refractivity contribution is 7.14. The normalized spacial score (nSPS) is 13.9. The Morgan fingerprint density at radius 1 is 1.38 bits per heavy atom. The van der Waals surface area contributed by atoms with Crippen molar-refractivity contribution >= 4 is 22.9 Å². The van der Waals surface area contributed by atoms with E-state index in [2.05, 4.69) is 35.4 Å². The molecular weight excluding hydrogens is 282 g/mol. The molecule has 0 bridgehead atoms. The van der Waals surface area contributed by atoms with E-state index in [1.54, 1.807) is 0 Å². The zero-order valence-corrected chi connectivity index (χ0v) is 12.9. The van der Waals surface area contributed by atoms with Crippen molar-refractivity contribution in [1.82, 2.24) is 5.43 Å². The van der Waals surface area contributed by atoms with Crippen LogP contribution in [0.5, 0.6) is 0 Å². The van der Waals surface area contributed by atoms with Crippen molar-refractivity contribution in [3.05, 3.63) is 51.2 Å². The van der Waals surface area contributed by atoms with Gasteiger partial charge in [-0.05, 0) is 43.5 Å². The number of carbonyl (C=O) groups excluding carboxylic acids is 1. The van der Waals surface area contributed by atoms with Crippen molar-refractivity contribution in [2.24, 2.45) is 5.84 Å². The number of amides is 1. The summed E-state index contributed by atoms with van der Waals surface area (Å²) in [5, 5.41) is 0. The number of benzene rings is 1. The number of nitrogens with two attached hydrogens (primary N) is 1. The van der Waals surface area contributed by atoms with Gasteiger partial charge in [-0.1, -0.05) is 17.7 Å². The van der Waals surface area contributed by atoms with Crippen LogP contribution in [-0.2, 0) is 13.0 Å². The molecule has 2 heterocycles. The van der Waals surface area contributed by atoms with Crippen molar-refractivity contribution in [2.45, 2.75) is 26.3 Å². The Balaban J connectivity index is 1.80. The Morgan fingerprint density at radius 2 is 2.24 bits per heavy atom. The van der Waals surface area contributed by atoms with E-state index in [9.17, 15) is 4.79 Å². The number of fused-ring (bicyclic) bond motifs is 1. The van der Waals surface area contributed by atoms with Crippen LogP contribution in [-0.4, -0.2) is 12.5 Å². The van der Waals surface area contributed by atoms with E-state index in [1.165, 1.54) is 39.4 Å². The highest BCUT2D eigenvalue weighted by Crippen LogP contribution is 2.30. The van der Waals surface area contributed by atoms with E-state index in [4.69, 9.17) is 5.84 Å². The molecule has 110 valence electrons. The van der Waals surface area contributed by atoms with Gasteiger partial charge in [0.25, 0.3) is 5.91 Å². The van der Waals surface area contributed by atoms with Gasteiger partial charge >= 0.3 is 0 Å². The summed E-state index contributed by atoms with van der Waals surface area (Å²) in [6.45, 7) is 4.04. The summed E-state index contributed by atoms with van der Waals surface area (Å²) in [5.74, 6) is 4.95. The van der Waals surface area contributed by atoms with Gasteiger partial charge in [-0.3, -0.25) is 10.2 Å². The van der Waals surface area contributed by atoms with Gasteiger partial charge in [0, 0.05) is 17.1 Å². The molecule has 21 heavy (non-hydrogen) atoms. The topological polar surface area (TPSA) is 58.4 Å². The average molecular weight is 301 g/mol. The number of nitrogens with one attached hydrogen (secondary N) is 1. The molecule has 1 amide bonds. The Kier molecular flexibility index (Phi) is 3.94. The van der Waals surface area contributed by atoms with Gasteiger partial charge in [0.2, 0.25) is 0 Å². The number of hydrogen-bond donors (Lipinski definition) is 2. The second kappa shape index (κ2) is 5.87. The van der Waals surface area contributed by atoms with Crippen LogP contribution in [0, 0.1) is 6.92 Å². The predicted octanol–water partition coefficient (Wildman–Crippen LogP) is 2.61. The van der Waals surface area contributed by atoms with Crippen LogP contribution >= 0.6 is 11.3 Å². The molecule has 1 aliphatic heterocycles. The van der Waals surface area contributed by atoms with Gasteiger partial charge < -0.3 is 4.90 Å². The second-order valence-corrected chi connectivity index (χ2v) is 6.57. The monoisotopic (exact) mass is 301 g/mol. The first-order valence-electron chi connectivity index (χ1n) is 7.11. The lowest BCUT2D eigenvalue weighted by atomic mass is 9.99. The zero-order chi connectivity index (χ0) is 14.8. The fourth-order valence-corrected chi connectivity index (χ4v) is 3.74. The summed E-state index contributed by atoms with van der Waals surface area (Å²) in [6.07, 6.45) is 2.33. The van der Waals surface area contributed by atoms with Crippen LogP contribution in [0.3, 0.4) is 0 Å². The van der Waals surface area contributed by atoms with Crippen LogP contribution < -0.4 is 16.2 Å². The number of nitrogen functional groups attached to an aromatic ring is 1. The van der Waals surface area contributed by atoms with Crippen LogP contribution in [0.4, 0.5) is 5.69 Å². The SMILES string of the molecule is Cc1ccc2c(c1)CCCN2Cc1ccc(C(=O)NN)s1. The minimum Gasteiger partial charge on any atom is -0.366 e. The number of aryl methyl sites for hydroxylation is 2. The maximum Gasteiger partial charge on any atom is 0.275 e. The lowest BCUT2D eigenvalue weighted by Gasteiger charge is -2.31. The summed E-state index contributed by atoms with van der Waals surface area (Å²) < 4.78 is 0. The van der Waals surface area contributed by atoms with Gasteiger partial charge in [-0.25, -0.2) is 5.84 Å². The Hall–Kier alpha value is -1.85. The number of hydrazine groups is 1. The maximum absolute atomic E-state index is 11.5. The number of thiophene rings is 1. The second-order valence-electron chi connectivity index (χ2n) is 5.40. The van der Waals surface area contributed by atoms with Crippen molar-refractivity contribution in [2.75, 3.05) is 11.4 Å². The molecule has 2 aromatic rings. The van der Waals surface area contributed by atoms with E-state index in [0.717, 1.165) is 19.5 Å². The lowest BCUT2D eigenvalue weighted by molar-refractivity contribution is 0.0957. The van der Waals surface area contributed by atoms with Crippen molar-refractivity contribution < 1.29 is 4.79 Å². The van der Waals surface area contributed by atoms with E-state index < -0.39 is 0 Å². The Labute approximate surface area is 128 Å². The number of rotatable bonds is 3.